The van der Waals surface area contributed by atoms with E-state index < -0.39 is 0 Å². The highest BCUT2D eigenvalue weighted by Gasteiger charge is 2.10. The van der Waals surface area contributed by atoms with E-state index in [0.29, 0.717) is 24.7 Å². The number of carbonyl (C=O) groups is 1. The fourth-order valence-electron chi connectivity index (χ4n) is 1.80. The summed E-state index contributed by atoms with van der Waals surface area (Å²) in [4.78, 5) is 14.4. The molecule has 1 aromatic carbocycles. The van der Waals surface area contributed by atoms with Gasteiger partial charge in [-0.15, -0.1) is 0 Å². The van der Waals surface area contributed by atoms with E-state index in [4.69, 9.17) is 5.73 Å². The second-order valence-corrected chi connectivity index (χ2v) is 5.37. The second kappa shape index (κ2) is 8.46. The van der Waals surface area contributed by atoms with E-state index in [0.717, 1.165) is 17.7 Å². The molecule has 0 saturated heterocycles. The van der Waals surface area contributed by atoms with Gasteiger partial charge in [-0.05, 0) is 45.5 Å². The molecule has 0 fully saturated rings. The van der Waals surface area contributed by atoms with Crippen LogP contribution >= 0.6 is 0 Å². The summed E-state index contributed by atoms with van der Waals surface area (Å²) in [6.45, 7) is 7.96. The fraction of sp³-hybridized carbons (Fsp3) is 0.471. The van der Waals surface area contributed by atoms with Crippen molar-refractivity contribution < 1.29 is 4.79 Å². The van der Waals surface area contributed by atoms with Gasteiger partial charge in [0.25, 0.3) is 5.91 Å². The minimum atomic E-state index is -0.0546. The monoisotopic (exact) mass is 287 g/mol. The predicted molar refractivity (Wildman–Crippen MR) is 87.2 cm³/mol. The molecule has 4 nitrogen and oxygen atoms in total. The molecule has 4 heteroatoms. The van der Waals surface area contributed by atoms with Crippen molar-refractivity contribution in [3.8, 4) is 11.8 Å². The number of carbonyl (C=O) groups excluding carboxylic acids is 1. The first-order valence-corrected chi connectivity index (χ1v) is 7.23. The number of hydrogen-bond acceptors (Lipinski definition) is 3. The van der Waals surface area contributed by atoms with Gasteiger partial charge in [-0.3, -0.25) is 4.79 Å². The van der Waals surface area contributed by atoms with Gasteiger partial charge in [0.15, 0.2) is 0 Å². The Morgan fingerprint density at radius 2 is 2.14 bits per heavy atom. The maximum atomic E-state index is 12.2. The van der Waals surface area contributed by atoms with Gasteiger partial charge in [0, 0.05) is 30.3 Å². The lowest BCUT2D eigenvalue weighted by atomic mass is 10.0. The highest BCUT2D eigenvalue weighted by Crippen LogP contribution is 2.10. The Morgan fingerprint density at radius 3 is 2.76 bits per heavy atom. The minimum Gasteiger partial charge on any atom is -0.351 e. The predicted octanol–water partition coefficient (Wildman–Crippen LogP) is 1.38. The molecule has 0 unspecified atom stereocenters. The quantitative estimate of drug-likeness (QED) is 0.804. The van der Waals surface area contributed by atoms with E-state index in [2.05, 4.69) is 35.9 Å². The first-order valence-electron chi connectivity index (χ1n) is 7.23. The summed E-state index contributed by atoms with van der Waals surface area (Å²) in [6.07, 6.45) is 0. The number of nitrogens with two attached hydrogens (primary N) is 1. The summed E-state index contributed by atoms with van der Waals surface area (Å²) in [6, 6.07) is 6.11. The third-order valence-corrected chi connectivity index (χ3v) is 3.45. The summed E-state index contributed by atoms with van der Waals surface area (Å²) in [5.74, 6) is 5.70. The molecule has 0 aromatic heterocycles. The average molecular weight is 287 g/mol. The third-order valence-electron chi connectivity index (χ3n) is 3.45. The van der Waals surface area contributed by atoms with Gasteiger partial charge >= 0.3 is 0 Å². The number of nitrogens with one attached hydrogen (secondary N) is 1. The molecule has 0 aliphatic rings. The molecule has 0 atom stereocenters. The summed E-state index contributed by atoms with van der Waals surface area (Å²) < 4.78 is 0. The number of likely N-dealkylation sites (N-methyl/N-ethyl adjacent to an activating group) is 1. The number of benzene rings is 1. The smallest absolute Gasteiger partial charge is 0.251 e. The molecule has 0 bridgehead atoms. The molecule has 21 heavy (non-hydrogen) atoms. The number of hydrogen-bond donors (Lipinski definition) is 2. The largest absolute Gasteiger partial charge is 0.351 e. The molecule has 0 saturated carbocycles. The van der Waals surface area contributed by atoms with Gasteiger partial charge in [-0.2, -0.15) is 0 Å². The van der Waals surface area contributed by atoms with Crippen molar-refractivity contribution in [1.29, 1.82) is 0 Å². The Morgan fingerprint density at radius 1 is 1.43 bits per heavy atom. The fourth-order valence-corrected chi connectivity index (χ4v) is 1.80. The van der Waals surface area contributed by atoms with Gasteiger partial charge < -0.3 is 16.0 Å². The molecule has 1 rings (SSSR count). The van der Waals surface area contributed by atoms with E-state index in [-0.39, 0.29) is 5.91 Å². The molecular formula is C17H25N3O. The van der Waals surface area contributed by atoms with Crippen molar-refractivity contribution in [1.82, 2.24) is 10.2 Å². The summed E-state index contributed by atoms with van der Waals surface area (Å²) in [5.41, 5.74) is 7.80. The van der Waals surface area contributed by atoms with Crippen LogP contribution in [0.5, 0.6) is 0 Å². The average Bonchev–Trinajstić information content (AvgIpc) is 2.45. The highest BCUT2D eigenvalue weighted by molar-refractivity contribution is 5.96. The van der Waals surface area contributed by atoms with E-state index in [9.17, 15) is 4.79 Å². The highest BCUT2D eigenvalue weighted by atomic mass is 16.1. The van der Waals surface area contributed by atoms with E-state index in [1.165, 1.54) is 0 Å². The Labute approximate surface area is 127 Å². The summed E-state index contributed by atoms with van der Waals surface area (Å²) in [7, 11) is 2.05. The second-order valence-electron chi connectivity index (χ2n) is 5.37. The molecule has 0 aliphatic carbocycles. The van der Waals surface area contributed by atoms with Crippen LogP contribution in [-0.2, 0) is 0 Å². The van der Waals surface area contributed by atoms with Crippen LogP contribution in [-0.4, -0.2) is 43.5 Å². The molecule has 0 aliphatic heterocycles. The number of aryl methyl sites for hydroxylation is 1. The maximum absolute atomic E-state index is 12.2. The third kappa shape index (κ3) is 5.58. The SMILES string of the molecule is Cc1ccc(C#CCN)cc1C(=O)NCCN(C)C(C)C. The Kier molecular flexibility index (Phi) is 6.93. The van der Waals surface area contributed by atoms with Crippen LogP contribution in [0.2, 0.25) is 0 Å². The lowest BCUT2D eigenvalue weighted by Crippen LogP contribution is -2.36. The van der Waals surface area contributed by atoms with Crippen molar-refractivity contribution in [3.05, 3.63) is 34.9 Å². The maximum Gasteiger partial charge on any atom is 0.251 e. The van der Waals surface area contributed by atoms with Crippen molar-refractivity contribution in [2.45, 2.75) is 26.8 Å². The van der Waals surface area contributed by atoms with Gasteiger partial charge in [0.05, 0.1) is 6.54 Å². The van der Waals surface area contributed by atoms with Crippen LogP contribution in [0.15, 0.2) is 18.2 Å². The van der Waals surface area contributed by atoms with Gasteiger partial charge in [-0.25, -0.2) is 0 Å². The van der Waals surface area contributed by atoms with Crippen molar-refractivity contribution in [2.24, 2.45) is 5.73 Å². The van der Waals surface area contributed by atoms with Crippen molar-refractivity contribution in [2.75, 3.05) is 26.7 Å². The Hall–Kier alpha value is -1.83. The van der Waals surface area contributed by atoms with Gasteiger partial charge in [0.2, 0.25) is 0 Å². The van der Waals surface area contributed by atoms with Crippen molar-refractivity contribution in [3.63, 3.8) is 0 Å². The molecule has 114 valence electrons. The first kappa shape index (κ1) is 17.2. The minimum absolute atomic E-state index is 0.0546. The van der Waals surface area contributed by atoms with E-state index >= 15 is 0 Å². The molecule has 1 amide bonds. The van der Waals surface area contributed by atoms with Gasteiger partial charge in [-0.1, -0.05) is 17.9 Å². The summed E-state index contributed by atoms with van der Waals surface area (Å²) in [5, 5.41) is 2.96. The molecule has 0 radical (unpaired) electrons. The molecule has 1 aromatic rings. The zero-order chi connectivity index (χ0) is 15.8. The summed E-state index contributed by atoms with van der Waals surface area (Å²) >= 11 is 0. The van der Waals surface area contributed by atoms with Crippen LogP contribution in [0.1, 0.15) is 35.3 Å². The standard InChI is InChI=1S/C17H25N3O/c1-13(2)20(4)11-10-19-17(21)16-12-15(6-5-9-18)8-7-14(16)3/h7-8,12-13H,9-11,18H2,1-4H3,(H,19,21). The first-order chi connectivity index (χ1) is 9.95. The van der Waals surface area contributed by atoms with Gasteiger partial charge in [0.1, 0.15) is 0 Å². The normalized spacial score (nSPS) is 10.4. The Balaban J connectivity index is 2.69. The van der Waals surface area contributed by atoms with Crippen LogP contribution in [0.25, 0.3) is 0 Å². The molecule has 0 spiro atoms. The molecular weight excluding hydrogens is 262 g/mol. The lowest BCUT2D eigenvalue weighted by Gasteiger charge is -2.21. The number of rotatable bonds is 5. The van der Waals surface area contributed by atoms with Crippen LogP contribution in [0, 0.1) is 18.8 Å². The zero-order valence-electron chi connectivity index (χ0n) is 13.4. The van der Waals surface area contributed by atoms with E-state index in [1.54, 1.807) is 0 Å². The molecule has 0 heterocycles. The van der Waals surface area contributed by atoms with Crippen LogP contribution in [0.4, 0.5) is 0 Å². The number of amides is 1. The zero-order valence-corrected chi connectivity index (χ0v) is 13.4. The van der Waals surface area contributed by atoms with Crippen molar-refractivity contribution >= 4 is 5.91 Å². The Bertz CT molecular complexity index is 541. The molecule has 3 N–H and O–H groups in total. The topological polar surface area (TPSA) is 58.4 Å². The van der Waals surface area contributed by atoms with E-state index in [1.807, 2.05) is 32.2 Å². The van der Waals surface area contributed by atoms with Crippen LogP contribution in [0.3, 0.4) is 0 Å². The number of nitrogens with zero attached hydrogens (tertiary/aromatic N) is 1. The lowest BCUT2D eigenvalue weighted by molar-refractivity contribution is 0.0947. The van der Waals surface area contributed by atoms with Crippen LogP contribution < -0.4 is 11.1 Å².